The highest BCUT2D eigenvalue weighted by molar-refractivity contribution is 5.69. The van der Waals surface area contributed by atoms with Gasteiger partial charge in [0.15, 0.2) is 0 Å². The molecule has 0 aromatic carbocycles. The van der Waals surface area contributed by atoms with Crippen molar-refractivity contribution in [1.82, 2.24) is 0 Å². The van der Waals surface area contributed by atoms with Crippen LogP contribution < -0.4 is 0 Å². The van der Waals surface area contributed by atoms with E-state index < -0.39 is 5.60 Å². The molecule has 0 spiro atoms. The third-order valence-electron chi connectivity index (χ3n) is 10.7. The van der Waals surface area contributed by atoms with Crippen LogP contribution >= 0.6 is 0 Å². The van der Waals surface area contributed by atoms with Crippen molar-refractivity contribution in [1.29, 1.82) is 0 Å². The maximum absolute atomic E-state index is 12.3. The van der Waals surface area contributed by atoms with Crippen LogP contribution in [0.15, 0.2) is 0 Å². The normalized spacial score (nSPS) is 48.4. The number of hydrogen-bond acceptors (Lipinski definition) is 5. The first kappa shape index (κ1) is 25.4. The molecule has 3 N–H and O–H groups in total. The largest absolute Gasteiger partial charge is 0.460 e. The van der Waals surface area contributed by atoms with Gasteiger partial charge >= 0.3 is 5.97 Å². The molecule has 4 fully saturated rings. The van der Waals surface area contributed by atoms with Gasteiger partial charge in [-0.15, -0.1) is 0 Å². The fourth-order valence-electron chi connectivity index (χ4n) is 9.07. The molecule has 33 heavy (non-hydrogen) atoms. The molecule has 4 rings (SSSR count). The van der Waals surface area contributed by atoms with Gasteiger partial charge in [0.05, 0.1) is 18.3 Å². The fourth-order valence-corrected chi connectivity index (χ4v) is 9.07. The minimum absolute atomic E-state index is 0.103. The topological polar surface area (TPSA) is 87.0 Å². The van der Waals surface area contributed by atoms with Crippen molar-refractivity contribution < 1.29 is 24.9 Å². The van der Waals surface area contributed by atoms with Gasteiger partial charge in [0.2, 0.25) is 0 Å². The van der Waals surface area contributed by atoms with E-state index in [0.29, 0.717) is 36.0 Å². The standard InChI is InChI=1S/C28H48O5/c1-16(7-10-24(32)33-26(2,3)4)19-8-9-20-25-21(15-23(31)28(19,20)6)27(5)12-11-18(29)13-17(27)14-22(25)30/h16-23,25,29-31H,7-15H2,1-6H3/t16-,17?,18-,19?,20?,21?,22-,23+,25?,27+,28-/m1/s1. The van der Waals surface area contributed by atoms with Crippen LogP contribution in [0.2, 0.25) is 0 Å². The summed E-state index contributed by atoms with van der Waals surface area (Å²) in [5, 5.41) is 33.3. The number of hydrogen-bond donors (Lipinski definition) is 3. The van der Waals surface area contributed by atoms with Crippen molar-refractivity contribution in [2.45, 2.75) is 123 Å². The van der Waals surface area contributed by atoms with Gasteiger partial charge in [0, 0.05) is 6.42 Å². The maximum atomic E-state index is 12.3. The predicted molar refractivity (Wildman–Crippen MR) is 128 cm³/mol. The van der Waals surface area contributed by atoms with Crippen molar-refractivity contribution in [2.75, 3.05) is 0 Å². The van der Waals surface area contributed by atoms with Crippen molar-refractivity contribution in [3.8, 4) is 0 Å². The van der Waals surface area contributed by atoms with Crippen LogP contribution in [0.25, 0.3) is 0 Å². The number of ether oxygens (including phenoxy) is 1. The van der Waals surface area contributed by atoms with E-state index in [1.165, 1.54) is 0 Å². The molecule has 11 atom stereocenters. The molecule has 4 saturated carbocycles. The Bertz CT molecular complexity index is 730. The van der Waals surface area contributed by atoms with E-state index in [9.17, 15) is 20.1 Å². The molecule has 0 amide bonds. The van der Waals surface area contributed by atoms with Crippen molar-refractivity contribution in [2.24, 2.45) is 46.3 Å². The zero-order chi connectivity index (χ0) is 24.3. The second-order valence-electron chi connectivity index (χ2n) is 13.6. The van der Waals surface area contributed by atoms with E-state index >= 15 is 0 Å². The van der Waals surface area contributed by atoms with Gasteiger partial charge in [-0.2, -0.15) is 0 Å². The van der Waals surface area contributed by atoms with Crippen LogP contribution in [0.4, 0.5) is 0 Å². The Morgan fingerprint density at radius 1 is 1.03 bits per heavy atom. The first-order valence-electron chi connectivity index (χ1n) is 13.5. The second-order valence-corrected chi connectivity index (χ2v) is 13.6. The lowest BCUT2D eigenvalue weighted by Crippen LogP contribution is -2.62. The number of aliphatic hydroxyl groups is 3. The van der Waals surface area contributed by atoms with E-state index in [1.807, 2.05) is 20.8 Å². The summed E-state index contributed by atoms with van der Waals surface area (Å²) in [5.41, 5.74) is -0.571. The molecule has 0 heterocycles. The Hall–Kier alpha value is -0.650. The van der Waals surface area contributed by atoms with Gasteiger partial charge in [-0.25, -0.2) is 0 Å². The van der Waals surface area contributed by atoms with Crippen molar-refractivity contribution in [3.05, 3.63) is 0 Å². The van der Waals surface area contributed by atoms with Gasteiger partial charge in [-0.1, -0.05) is 20.8 Å². The molecule has 0 bridgehead atoms. The van der Waals surface area contributed by atoms with Crippen LogP contribution in [-0.4, -0.2) is 45.2 Å². The van der Waals surface area contributed by atoms with Crippen LogP contribution in [0.3, 0.4) is 0 Å². The highest BCUT2D eigenvalue weighted by atomic mass is 16.6. The van der Waals surface area contributed by atoms with Gasteiger partial charge in [0.1, 0.15) is 5.60 Å². The Morgan fingerprint density at radius 2 is 1.73 bits per heavy atom. The number of aliphatic hydroxyl groups excluding tert-OH is 3. The SMILES string of the molecule is C[C@H](CCC(=O)OC(C)(C)C)C1CCC2C3C(C[C@H](O)[C@@]21C)[C@@]1(C)CC[C@@H](O)CC1C[C@H]3O. The van der Waals surface area contributed by atoms with E-state index in [0.717, 1.165) is 51.4 Å². The minimum Gasteiger partial charge on any atom is -0.460 e. The zero-order valence-corrected chi connectivity index (χ0v) is 21.7. The molecule has 0 aliphatic heterocycles. The molecule has 4 aliphatic carbocycles. The predicted octanol–water partition coefficient (Wildman–Crippen LogP) is 4.71. The second kappa shape index (κ2) is 8.78. The molecular formula is C28H48O5. The number of rotatable bonds is 4. The summed E-state index contributed by atoms with van der Waals surface area (Å²) >= 11 is 0. The third-order valence-corrected chi connectivity index (χ3v) is 10.7. The highest BCUT2D eigenvalue weighted by Gasteiger charge is 2.65. The lowest BCUT2D eigenvalue weighted by molar-refractivity contribution is -0.207. The zero-order valence-electron chi connectivity index (χ0n) is 21.7. The number of esters is 1. The summed E-state index contributed by atoms with van der Waals surface area (Å²) in [6.45, 7) is 12.6. The summed E-state index contributed by atoms with van der Waals surface area (Å²) in [6, 6.07) is 0. The molecule has 0 aromatic heterocycles. The van der Waals surface area contributed by atoms with E-state index in [2.05, 4.69) is 20.8 Å². The highest BCUT2D eigenvalue weighted by Crippen LogP contribution is 2.68. The summed E-state index contributed by atoms with van der Waals surface area (Å²) in [5.74, 6) is 1.76. The third kappa shape index (κ3) is 4.40. The number of fused-ring (bicyclic) bond motifs is 5. The van der Waals surface area contributed by atoms with Gasteiger partial charge < -0.3 is 20.1 Å². The first-order valence-corrected chi connectivity index (χ1v) is 13.5. The Balaban J connectivity index is 1.50. The summed E-state index contributed by atoms with van der Waals surface area (Å²) in [4.78, 5) is 12.3. The van der Waals surface area contributed by atoms with Crippen molar-refractivity contribution in [3.63, 3.8) is 0 Å². The smallest absolute Gasteiger partial charge is 0.306 e. The maximum Gasteiger partial charge on any atom is 0.306 e. The molecular weight excluding hydrogens is 416 g/mol. The van der Waals surface area contributed by atoms with Gasteiger partial charge in [-0.05, 0) is 118 Å². The van der Waals surface area contributed by atoms with E-state index in [1.54, 1.807) is 0 Å². The molecule has 0 radical (unpaired) electrons. The lowest BCUT2D eigenvalue weighted by atomic mass is 9.43. The Labute approximate surface area is 200 Å². The van der Waals surface area contributed by atoms with E-state index in [4.69, 9.17) is 4.74 Å². The monoisotopic (exact) mass is 464 g/mol. The number of carbonyl (C=O) groups is 1. The molecule has 0 aromatic rings. The Morgan fingerprint density at radius 3 is 2.39 bits per heavy atom. The molecule has 5 unspecified atom stereocenters. The van der Waals surface area contributed by atoms with Crippen LogP contribution in [0.1, 0.15) is 99.3 Å². The first-order chi connectivity index (χ1) is 15.3. The average Bonchev–Trinajstić information content (AvgIpc) is 3.06. The van der Waals surface area contributed by atoms with Crippen LogP contribution in [0, 0.1) is 46.3 Å². The summed E-state index contributed by atoms with van der Waals surface area (Å²) in [7, 11) is 0. The lowest BCUT2D eigenvalue weighted by Gasteiger charge is -2.63. The minimum atomic E-state index is -0.459. The van der Waals surface area contributed by atoms with Crippen LogP contribution in [-0.2, 0) is 9.53 Å². The van der Waals surface area contributed by atoms with Crippen LogP contribution in [0.5, 0.6) is 0 Å². The summed E-state index contributed by atoms with van der Waals surface area (Å²) < 4.78 is 5.52. The quantitative estimate of drug-likeness (QED) is 0.525. The van der Waals surface area contributed by atoms with Crippen molar-refractivity contribution >= 4 is 5.97 Å². The molecule has 4 aliphatic rings. The average molecular weight is 465 g/mol. The Kier molecular flexibility index (Phi) is 6.77. The van der Waals surface area contributed by atoms with E-state index in [-0.39, 0.29) is 41.0 Å². The van der Waals surface area contributed by atoms with Gasteiger partial charge in [0.25, 0.3) is 0 Å². The molecule has 5 heteroatoms. The molecule has 0 saturated heterocycles. The fraction of sp³-hybridized carbons (Fsp3) is 0.964. The summed E-state index contributed by atoms with van der Waals surface area (Å²) in [6.07, 6.45) is 6.52. The molecule has 5 nitrogen and oxygen atoms in total. The van der Waals surface area contributed by atoms with Gasteiger partial charge in [-0.3, -0.25) is 4.79 Å². The molecule has 190 valence electrons. The number of carbonyl (C=O) groups excluding carboxylic acids is 1.